The number of esters is 1. The van der Waals surface area contributed by atoms with Crippen LogP contribution in [0.3, 0.4) is 0 Å². The first-order valence-corrected chi connectivity index (χ1v) is 6.86. The van der Waals surface area contributed by atoms with Crippen molar-refractivity contribution in [1.82, 2.24) is 4.98 Å². The van der Waals surface area contributed by atoms with Crippen LogP contribution in [0.4, 0.5) is 5.69 Å². The molecule has 2 aromatic rings. The Kier molecular flexibility index (Phi) is 4.24. The van der Waals surface area contributed by atoms with Crippen LogP contribution < -0.4 is 10.5 Å². The van der Waals surface area contributed by atoms with Crippen LogP contribution >= 0.6 is 11.3 Å². The summed E-state index contributed by atoms with van der Waals surface area (Å²) in [5, 5.41) is 0.773. The maximum absolute atomic E-state index is 12.0. The molecule has 0 bridgehead atoms. The normalized spacial score (nSPS) is 10.3. The van der Waals surface area contributed by atoms with Crippen molar-refractivity contribution < 1.29 is 14.3 Å². The third-order valence-electron chi connectivity index (χ3n) is 2.88. The molecular weight excluding hydrogens is 276 g/mol. The first-order chi connectivity index (χ1) is 9.51. The van der Waals surface area contributed by atoms with Crippen LogP contribution in [0.15, 0.2) is 18.2 Å². The van der Waals surface area contributed by atoms with E-state index in [1.807, 2.05) is 13.8 Å². The molecule has 0 saturated carbocycles. The minimum Gasteiger partial charge on any atom is -0.497 e. The molecule has 0 atom stereocenters. The second-order valence-corrected chi connectivity index (χ2v) is 5.57. The third kappa shape index (κ3) is 3.08. The lowest BCUT2D eigenvalue weighted by atomic mass is 10.2. The number of nitrogens with zero attached hydrogens (tertiary/aromatic N) is 1. The molecule has 0 aliphatic heterocycles. The van der Waals surface area contributed by atoms with Crippen molar-refractivity contribution in [2.24, 2.45) is 0 Å². The van der Waals surface area contributed by atoms with Crippen LogP contribution in [0.1, 0.15) is 25.9 Å². The largest absolute Gasteiger partial charge is 0.497 e. The van der Waals surface area contributed by atoms with Gasteiger partial charge in [0.15, 0.2) is 0 Å². The number of aryl methyl sites for hydroxylation is 2. The summed E-state index contributed by atoms with van der Waals surface area (Å²) in [6, 6.07) is 4.88. The summed E-state index contributed by atoms with van der Waals surface area (Å²) >= 11 is 1.52. The zero-order chi connectivity index (χ0) is 14.7. The molecule has 2 rings (SSSR count). The number of carbonyl (C=O) groups excluding carboxylic acids is 1. The van der Waals surface area contributed by atoms with Crippen molar-refractivity contribution in [2.45, 2.75) is 20.5 Å². The lowest BCUT2D eigenvalue weighted by molar-refractivity contribution is 0.0473. The van der Waals surface area contributed by atoms with Crippen molar-refractivity contribution in [3.8, 4) is 5.75 Å². The minimum absolute atomic E-state index is 0.148. The highest BCUT2D eigenvalue weighted by Gasteiger charge is 2.14. The quantitative estimate of drug-likeness (QED) is 0.692. The summed E-state index contributed by atoms with van der Waals surface area (Å²) in [6.07, 6.45) is 0. The Morgan fingerprint density at radius 2 is 2.15 bits per heavy atom. The van der Waals surface area contributed by atoms with Crippen LogP contribution in [-0.4, -0.2) is 18.1 Å². The number of carbonyl (C=O) groups is 1. The van der Waals surface area contributed by atoms with E-state index >= 15 is 0 Å². The molecule has 1 heterocycles. The van der Waals surface area contributed by atoms with Gasteiger partial charge in [-0.25, -0.2) is 9.78 Å². The van der Waals surface area contributed by atoms with E-state index in [-0.39, 0.29) is 6.61 Å². The first-order valence-electron chi connectivity index (χ1n) is 6.05. The van der Waals surface area contributed by atoms with Gasteiger partial charge in [0.25, 0.3) is 0 Å². The number of rotatable bonds is 4. The zero-order valence-electron chi connectivity index (χ0n) is 11.6. The molecule has 0 aliphatic carbocycles. The van der Waals surface area contributed by atoms with Gasteiger partial charge in [-0.2, -0.15) is 0 Å². The summed E-state index contributed by atoms with van der Waals surface area (Å²) in [6.45, 7) is 4.06. The molecule has 0 fully saturated rings. The lowest BCUT2D eigenvalue weighted by Crippen LogP contribution is -2.08. The number of nitrogen functional groups attached to an aromatic ring is 1. The van der Waals surface area contributed by atoms with Crippen molar-refractivity contribution >= 4 is 23.0 Å². The Balaban J connectivity index is 2.08. The van der Waals surface area contributed by atoms with E-state index in [9.17, 15) is 4.79 Å². The smallest absolute Gasteiger partial charge is 0.340 e. The van der Waals surface area contributed by atoms with E-state index in [0.717, 1.165) is 15.6 Å². The van der Waals surface area contributed by atoms with Gasteiger partial charge in [-0.05, 0) is 32.0 Å². The van der Waals surface area contributed by atoms with Crippen molar-refractivity contribution in [2.75, 3.05) is 12.8 Å². The molecule has 20 heavy (non-hydrogen) atoms. The molecule has 0 unspecified atom stereocenters. The minimum atomic E-state index is -0.480. The number of nitrogens with two attached hydrogens (primary N) is 1. The standard InChI is InChI=1S/C14H16N2O3S/c1-8-9(2)20-13(16-8)7-19-14(17)11-6-10(18-3)4-5-12(11)15/h4-6H,7,15H2,1-3H3. The molecule has 2 N–H and O–H groups in total. The van der Waals surface area contributed by atoms with Gasteiger partial charge in [-0.3, -0.25) is 0 Å². The van der Waals surface area contributed by atoms with Gasteiger partial charge in [0.05, 0.1) is 18.4 Å². The molecule has 5 nitrogen and oxygen atoms in total. The highest BCUT2D eigenvalue weighted by Crippen LogP contribution is 2.22. The highest BCUT2D eigenvalue weighted by molar-refractivity contribution is 7.11. The average Bonchev–Trinajstić information content (AvgIpc) is 2.76. The maximum Gasteiger partial charge on any atom is 0.340 e. The summed E-state index contributed by atoms with van der Waals surface area (Å²) < 4.78 is 10.3. The highest BCUT2D eigenvalue weighted by atomic mass is 32.1. The SMILES string of the molecule is COc1ccc(N)c(C(=O)OCc2nc(C)c(C)s2)c1. The predicted molar refractivity (Wildman–Crippen MR) is 78.1 cm³/mol. The van der Waals surface area contributed by atoms with E-state index in [4.69, 9.17) is 15.2 Å². The number of hydrogen-bond acceptors (Lipinski definition) is 6. The van der Waals surface area contributed by atoms with Gasteiger partial charge >= 0.3 is 5.97 Å². The lowest BCUT2D eigenvalue weighted by Gasteiger charge is -2.07. The molecular formula is C14H16N2O3S. The molecule has 1 aromatic heterocycles. The fraction of sp³-hybridized carbons (Fsp3) is 0.286. The topological polar surface area (TPSA) is 74.4 Å². The summed E-state index contributed by atoms with van der Waals surface area (Å²) in [5.74, 6) is 0.0824. The number of benzene rings is 1. The van der Waals surface area contributed by atoms with Crippen LogP contribution in [-0.2, 0) is 11.3 Å². The molecule has 1 aromatic carbocycles. The molecule has 0 amide bonds. The zero-order valence-corrected chi connectivity index (χ0v) is 12.4. The van der Waals surface area contributed by atoms with Crippen molar-refractivity contribution in [3.05, 3.63) is 39.3 Å². The molecule has 106 valence electrons. The van der Waals surface area contributed by atoms with Gasteiger partial charge < -0.3 is 15.2 Å². The second kappa shape index (κ2) is 5.92. The van der Waals surface area contributed by atoms with Crippen LogP contribution in [0.2, 0.25) is 0 Å². The first kappa shape index (κ1) is 14.3. The van der Waals surface area contributed by atoms with E-state index in [2.05, 4.69) is 4.98 Å². The molecule has 6 heteroatoms. The molecule has 0 saturated heterocycles. The van der Waals surface area contributed by atoms with Crippen molar-refractivity contribution in [3.63, 3.8) is 0 Å². The number of aromatic nitrogens is 1. The van der Waals surface area contributed by atoms with E-state index < -0.39 is 5.97 Å². The fourth-order valence-corrected chi connectivity index (χ4v) is 2.49. The monoisotopic (exact) mass is 292 g/mol. The van der Waals surface area contributed by atoms with E-state index in [1.54, 1.807) is 18.2 Å². The number of ether oxygens (including phenoxy) is 2. The number of anilines is 1. The molecule has 0 aliphatic rings. The Morgan fingerprint density at radius 3 is 2.75 bits per heavy atom. The van der Waals surface area contributed by atoms with Gasteiger partial charge in [-0.1, -0.05) is 0 Å². The third-order valence-corrected chi connectivity index (χ3v) is 3.93. The van der Waals surface area contributed by atoms with Crippen LogP contribution in [0.25, 0.3) is 0 Å². The maximum atomic E-state index is 12.0. The summed E-state index contributed by atoms with van der Waals surface area (Å²) in [7, 11) is 1.53. The van der Waals surface area contributed by atoms with Gasteiger partial charge in [0.1, 0.15) is 17.4 Å². The van der Waals surface area contributed by atoms with Gasteiger partial charge in [-0.15, -0.1) is 11.3 Å². The number of methoxy groups -OCH3 is 1. The van der Waals surface area contributed by atoms with Gasteiger partial charge in [0, 0.05) is 10.6 Å². The van der Waals surface area contributed by atoms with Crippen LogP contribution in [0.5, 0.6) is 5.75 Å². The Bertz CT molecular complexity index is 618. The van der Waals surface area contributed by atoms with E-state index in [1.165, 1.54) is 18.4 Å². The number of hydrogen-bond donors (Lipinski definition) is 1. The molecule has 0 radical (unpaired) electrons. The Morgan fingerprint density at radius 1 is 1.40 bits per heavy atom. The summed E-state index contributed by atoms with van der Waals surface area (Å²) in [4.78, 5) is 17.5. The summed E-state index contributed by atoms with van der Waals surface area (Å²) in [5.41, 5.74) is 7.40. The van der Waals surface area contributed by atoms with Gasteiger partial charge in [0.2, 0.25) is 0 Å². The predicted octanol–water partition coefficient (Wildman–Crippen LogP) is 2.71. The Hall–Kier alpha value is -2.08. The Labute approximate surface area is 121 Å². The fourth-order valence-electron chi connectivity index (χ4n) is 1.65. The van der Waals surface area contributed by atoms with Crippen molar-refractivity contribution in [1.29, 1.82) is 0 Å². The average molecular weight is 292 g/mol. The van der Waals surface area contributed by atoms with Crippen LogP contribution in [0, 0.1) is 13.8 Å². The number of thiazole rings is 1. The van der Waals surface area contributed by atoms with E-state index in [0.29, 0.717) is 17.0 Å². The second-order valence-electron chi connectivity index (χ2n) is 4.28. The molecule has 0 spiro atoms.